The number of oxazole rings is 1. The third-order valence-electron chi connectivity index (χ3n) is 6.69. The highest BCUT2D eigenvalue weighted by Crippen LogP contribution is 2.42. The van der Waals surface area contributed by atoms with Gasteiger partial charge >= 0.3 is 0 Å². The number of rotatable bonds is 9. The Labute approximate surface area is 216 Å². The van der Waals surface area contributed by atoms with Crippen LogP contribution in [-0.2, 0) is 16.2 Å². The molecule has 3 aromatic rings. The Balaban J connectivity index is 1.39. The van der Waals surface area contributed by atoms with Crippen molar-refractivity contribution in [2.45, 2.75) is 53.2 Å². The summed E-state index contributed by atoms with van der Waals surface area (Å²) in [6.07, 6.45) is 0. The summed E-state index contributed by atoms with van der Waals surface area (Å²) in [7, 11) is 0. The maximum Gasteiger partial charge on any atom is 0.246 e. The summed E-state index contributed by atoms with van der Waals surface area (Å²) < 4.78 is 12.0. The molecule has 0 aliphatic carbocycles. The van der Waals surface area contributed by atoms with Crippen LogP contribution in [0.4, 0.5) is 11.4 Å². The lowest BCUT2D eigenvalue weighted by molar-refractivity contribution is -0.129. The summed E-state index contributed by atoms with van der Waals surface area (Å²) in [5.74, 6) is 1.52. The van der Waals surface area contributed by atoms with Crippen LogP contribution < -0.4 is 20.7 Å². The molecule has 2 amide bonds. The molecular formula is C27H33ClN4O4. The molecule has 192 valence electrons. The first kappa shape index (κ1) is 25.8. The van der Waals surface area contributed by atoms with Gasteiger partial charge in [-0.1, -0.05) is 32.9 Å². The highest BCUT2D eigenvalue weighted by Gasteiger charge is 2.28. The van der Waals surface area contributed by atoms with Crippen LogP contribution in [-0.4, -0.2) is 35.3 Å². The molecule has 0 radical (unpaired) electrons. The van der Waals surface area contributed by atoms with E-state index in [0.717, 1.165) is 28.9 Å². The van der Waals surface area contributed by atoms with E-state index in [0.29, 0.717) is 35.4 Å². The van der Waals surface area contributed by atoms with Crippen molar-refractivity contribution in [2.24, 2.45) is 11.8 Å². The largest absolute Gasteiger partial charge is 0.485 e. The Hall–Kier alpha value is -3.26. The fraction of sp³-hybridized carbons (Fsp3) is 0.444. The minimum Gasteiger partial charge on any atom is -0.485 e. The molecule has 0 saturated heterocycles. The highest BCUT2D eigenvalue weighted by molar-refractivity contribution is 6.18. The number of carbonyl (C=O) groups is 2. The number of fused-ring (bicyclic) bond motifs is 3. The molecule has 0 spiro atoms. The first-order valence-corrected chi connectivity index (χ1v) is 12.8. The van der Waals surface area contributed by atoms with Gasteiger partial charge in [0.2, 0.25) is 11.8 Å². The zero-order chi connectivity index (χ0) is 26.0. The number of carbonyl (C=O) groups excluding carboxylic acids is 2. The van der Waals surface area contributed by atoms with E-state index >= 15 is 0 Å². The summed E-state index contributed by atoms with van der Waals surface area (Å²) >= 11 is 6.16. The van der Waals surface area contributed by atoms with Crippen molar-refractivity contribution in [3.05, 3.63) is 47.3 Å². The van der Waals surface area contributed by atoms with Crippen LogP contribution in [0.15, 0.2) is 34.7 Å². The van der Waals surface area contributed by atoms with Gasteiger partial charge in [0.1, 0.15) is 18.2 Å². The number of ether oxygens (including phenoxy) is 1. The van der Waals surface area contributed by atoms with Gasteiger partial charge in [-0.2, -0.15) is 0 Å². The van der Waals surface area contributed by atoms with Crippen molar-refractivity contribution in [3.8, 4) is 5.75 Å². The zero-order valence-corrected chi connectivity index (χ0v) is 22.0. The third-order valence-corrected chi connectivity index (χ3v) is 7.07. The van der Waals surface area contributed by atoms with Gasteiger partial charge in [0.25, 0.3) is 0 Å². The second-order valence-electron chi connectivity index (χ2n) is 9.72. The van der Waals surface area contributed by atoms with Gasteiger partial charge < -0.3 is 25.1 Å². The van der Waals surface area contributed by atoms with Crippen LogP contribution in [0.25, 0.3) is 11.1 Å². The van der Waals surface area contributed by atoms with Crippen LogP contribution in [0.1, 0.15) is 50.6 Å². The van der Waals surface area contributed by atoms with Crippen molar-refractivity contribution in [1.82, 2.24) is 10.3 Å². The van der Waals surface area contributed by atoms with Crippen LogP contribution in [0.3, 0.4) is 0 Å². The Morgan fingerprint density at radius 1 is 1.19 bits per heavy atom. The molecule has 3 N–H and O–H groups in total. The number of amides is 2. The van der Waals surface area contributed by atoms with Crippen LogP contribution in [0.5, 0.6) is 5.75 Å². The van der Waals surface area contributed by atoms with Crippen LogP contribution in [0, 0.1) is 18.8 Å². The molecule has 9 heteroatoms. The van der Waals surface area contributed by atoms with Crippen molar-refractivity contribution in [2.75, 3.05) is 23.1 Å². The summed E-state index contributed by atoms with van der Waals surface area (Å²) in [6, 6.07) is 8.70. The Bertz CT molecular complexity index is 1250. The first-order chi connectivity index (χ1) is 17.2. The lowest BCUT2D eigenvalue weighted by atomic mass is 9.97. The molecule has 2 aromatic carbocycles. The first-order valence-electron chi connectivity index (χ1n) is 12.2. The standard InChI is InChI=1S/C27H33ClN4O4/c1-14(2)15(3)26(33)30-16(4)27(34)32-20-8-6-18(7-9-20)13-35-22-10-21-23(19(11-28)12-29-21)24-25(22)36-17(5)31-24/h6-10,14-16,19,29H,11-13H2,1-5H3,(H,30,33)(H,32,34)/t15-,16-,19?/m0/s1. The van der Waals surface area contributed by atoms with Gasteiger partial charge in [0.05, 0.1) is 0 Å². The van der Waals surface area contributed by atoms with Crippen molar-refractivity contribution in [3.63, 3.8) is 0 Å². The third kappa shape index (κ3) is 5.43. The number of benzene rings is 2. The summed E-state index contributed by atoms with van der Waals surface area (Å²) in [4.78, 5) is 29.3. The molecule has 1 aliphatic rings. The number of aromatic nitrogens is 1. The average Bonchev–Trinajstić information content (AvgIpc) is 3.45. The number of nitrogens with zero attached hydrogens (tertiary/aromatic N) is 1. The van der Waals surface area contributed by atoms with Crippen molar-refractivity contribution < 1.29 is 18.7 Å². The molecule has 8 nitrogen and oxygen atoms in total. The number of hydrogen-bond acceptors (Lipinski definition) is 6. The molecule has 0 fully saturated rings. The number of aryl methyl sites for hydroxylation is 1. The van der Waals surface area contributed by atoms with Crippen molar-refractivity contribution in [1.29, 1.82) is 0 Å². The second kappa shape index (κ2) is 10.8. The molecule has 0 bridgehead atoms. The predicted molar refractivity (Wildman–Crippen MR) is 142 cm³/mol. The van der Waals surface area contributed by atoms with E-state index in [1.54, 1.807) is 6.92 Å². The number of anilines is 2. The topological polar surface area (TPSA) is 105 Å². The lowest BCUT2D eigenvalue weighted by Gasteiger charge is -2.19. The quantitative estimate of drug-likeness (QED) is 0.340. The maximum absolute atomic E-state index is 12.5. The van der Waals surface area contributed by atoms with Gasteiger partial charge in [-0.3, -0.25) is 9.59 Å². The Kier molecular flexibility index (Phi) is 7.73. The predicted octanol–water partition coefficient (Wildman–Crippen LogP) is 5.20. The molecule has 1 aromatic heterocycles. The molecule has 1 unspecified atom stereocenters. The summed E-state index contributed by atoms with van der Waals surface area (Å²) in [5, 5.41) is 9.00. The smallest absolute Gasteiger partial charge is 0.246 e. The number of nitrogens with one attached hydrogen (secondary N) is 3. The van der Waals surface area contributed by atoms with Crippen LogP contribution in [0.2, 0.25) is 0 Å². The molecular weight excluding hydrogens is 480 g/mol. The maximum atomic E-state index is 12.5. The summed E-state index contributed by atoms with van der Waals surface area (Å²) in [5.41, 5.74) is 5.03. The van der Waals surface area contributed by atoms with E-state index in [1.165, 1.54) is 0 Å². The van der Waals surface area contributed by atoms with E-state index < -0.39 is 6.04 Å². The van der Waals surface area contributed by atoms with E-state index in [4.69, 9.17) is 20.8 Å². The van der Waals surface area contributed by atoms with E-state index in [1.807, 2.05) is 58.0 Å². The Morgan fingerprint density at radius 2 is 1.92 bits per heavy atom. The highest BCUT2D eigenvalue weighted by atomic mass is 35.5. The molecule has 2 heterocycles. The second-order valence-corrected chi connectivity index (χ2v) is 10.0. The fourth-order valence-corrected chi connectivity index (χ4v) is 4.38. The zero-order valence-electron chi connectivity index (χ0n) is 21.3. The van der Waals surface area contributed by atoms with Crippen LogP contribution >= 0.6 is 11.6 Å². The van der Waals surface area contributed by atoms with E-state index in [-0.39, 0.29) is 29.6 Å². The number of alkyl halides is 1. The summed E-state index contributed by atoms with van der Waals surface area (Å²) in [6.45, 7) is 10.4. The van der Waals surface area contributed by atoms with Gasteiger partial charge in [-0.05, 0) is 30.5 Å². The average molecular weight is 513 g/mol. The minimum absolute atomic E-state index is 0.129. The molecule has 36 heavy (non-hydrogen) atoms. The van der Waals surface area contributed by atoms with Gasteiger partial charge in [-0.25, -0.2) is 4.98 Å². The molecule has 1 aliphatic heterocycles. The fourth-order valence-electron chi connectivity index (χ4n) is 4.12. The SMILES string of the molecule is Cc1nc2c3c(cc(OCc4ccc(NC(=O)[C@H](C)NC(=O)[C@@H](C)C(C)C)cc4)c2o1)NCC3CCl. The molecule has 0 saturated carbocycles. The number of halogens is 1. The Morgan fingerprint density at radius 3 is 2.58 bits per heavy atom. The van der Waals surface area contributed by atoms with Gasteiger partial charge in [0.15, 0.2) is 17.2 Å². The number of hydrogen-bond donors (Lipinski definition) is 3. The normalized spacial score (nSPS) is 16.4. The lowest BCUT2D eigenvalue weighted by Crippen LogP contribution is -2.44. The van der Waals surface area contributed by atoms with E-state index in [2.05, 4.69) is 20.9 Å². The molecule has 3 atom stereocenters. The van der Waals surface area contributed by atoms with E-state index in [9.17, 15) is 9.59 Å². The molecule has 4 rings (SSSR count). The minimum atomic E-state index is -0.638. The van der Waals surface area contributed by atoms with Gasteiger partial charge in [-0.15, -0.1) is 11.6 Å². The van der Waals surface area contributed by atoms with Gasteiger partial charge in [0, 0.05) is 54.2 Å². The van der Waals surface area contributed by atoms with Crippen molar-refractivity contribution >= 4 is 45.9 Å². The monoisotopic (exact) mass is 512 g/mol.